The number of hydrogen-bond donors (Lipinski definition) is 1. The van der Waals surface area contributed by atoms with Crippen molar-refractivity contribution >= 4 is 5.78 Å². The Hall–Kier alpha value is -0.370. The molecule has 2 atom stereocenters. The maximum atomic E-state index is 11.1. The first-order chi connectivity index (χ1) is 4.74. The summed E-state index contributed by atoms with van der Waals surface area (Å²) < 4.78 is 0. The number of carbonyl (C=O) groups excluding carboxylic acids is 1. The molecular weight excluding hydrogens is 128 g/mol. The molecule has 1 aliphatic rings. The molecule has 2 nitrogen and oxygen atoms in total. The SMILES string of the molecule is CCC1CCC(O)CC1=O. The molecule has 0 heterocycles. The quantitative estimate of drug-likeness (QED) is 0.595. The van der Waals surface area contributed by atoms with E-state index in [0.29, 0.717) is 6.42 Å². The highest BCUT2D eigenvalue weighted by Gasteiger charge is 2.25. The monoisotopic (exact) mass is 142 g/mol. The molecule has 0 aromatic rings. The third kappa shape index (κ3) is 1.57. The van der Waals surface area contributed by atoms with Crippen LogP contribution in [0.1, 0.15) is 32.6 Å². The van der Waals surface area contributed by atoms with Gasteiger partial charge in [0.25, 0.3) is 0 Å². The minimum absolute atomic E-state index is 0.239. The minimum atomic E-state index is -0.352. The molecule has 0 bridgehead atoms. The van der Waals surface area contributed by atoms with Crippen molar-refractivity contribution in [3.05, 3.63) is 0 Å². The molecule has 1 rings (SSSR count). The van der Waals surface area contributed by atoms with Gasteiger partial charge in [0.2, 0.25) is 0 Å². The third-order valence-electron chi connectivity index (χ3n) is 2.23. The predicted molar refractivity (Wildman–Crippen MR) is 38.6 cm³/mol. The zero-order valence-corrected chi connectivity index (χ0v) is 6.34. The lowest BCUT2D eigenvalue weighted by molar-refractivity contribution is -0.127. The number of hydrogen-bond acceptors (Lipinski definition) is 2. The number of aliphatic hydroxyl groups excluding tert-OH is 1. The summed E-state index contributed by atoms with van der Waals surface area (Å²) in [5, 5.41) is 9.07. The van der Waals surface area contributed by atoms with E-state index in [0.717, 1.165) is 19.3 Å². The highest BCUT2D eigenvalue weighted by molar-refractivity contribution is 5.82. The van der Waals surface area contributed by atoms with E-state index in [1.54, 1.807) is 0 Å². The third-order valence-corrected chi connectivity index (χ3v) is 2.23. The van der Waals surface area contributed by atoms with Crippen LogP contribution in [0.25, 0.3) is 0 Å². The minimum Gasteiger partial charge on any atom is -0.393 e. The van der Waals surface area contributed by atoms with Crippen molar-refractivity contribution in [3.63, 3.8) is 0 Å². The van der Waals surface area contributed by atoms with Gasteiger partial charge in [0.05, 0.1) is 6.10 Å². The standard InChI is InChI=1S/C8H14O2/c1-2-6-3-4-7(9)5-8(6)10/h6-7,9H,2-5H2,1H3. The number of carbonyl (C=O) groups is 1. The molecular formula is C8H14O2. The average Bonchev–Trinajstić information content (AvgIpc) is 1.88. The molecule has 0 aromatic heterocycles. The molecule has 2 unspecified atom stereocenters. The second-order valence-electron chi connectivity index (χ2n) is 3.01. The van der Waals surface area contributed by atoms with E-state index in [1.165, 1.54) is 0 Å². The average molecular weight is 142 g/mol. The maximum Gasteiger partial charge on any atom is 0.138 e. The van der Waals surface area contributed by atoms with E-state index < -0.39 is 0 Å². The first-order valence-electron chi connectivity index (χ1n) is 3.94. The molecule has 0 aromatic carbocycles. The fraction of sp³-hybridized carbons (Fsp3) is 0.875. The Morgan fingerprint density at radius 1 is 1.60 bits per heavy atom. The molecule has 0 radical (unpaired) electrons. The molecule has 1 saturated carbocycles. The van der Waals surface area contributed by atoms with Crippen LogP contribution >= 0.6 is 0 Å². The van der Waals surface area contributed by atoms with Crippen LogP contribution in [-0.2, 0) is 4.79 Å². The Labute approximate surface area is 61.2 Å². The molecule has 1 aliphatic carbocycles. The van der Waals surface area contributed by atoms with Crippen LogP contribution in [0.3, 0.4) is 0 Å². The lowest BCUT2D eigenvalue weighted by Gasteiger charge is -2.22. The molecule has 1 fully saturated rings. The van der Waals surface area contributed by atoms with Gasteiger partial charge in [-0.15, -0.1) is 0 Å². The topological polar surface area (TPSA) is 37.3 Å². The van der Waals surface area contributed by atoms with Gasteiger partial charge in [-0.1, -0.05) is 6.92 Å². The molecule has 0 spiro atoms. The summed E-state index contributed by atoms with van der Waals surface area (Å²) in [6.07, 6.45) is 2.67. The Morgan fingerprint density at radius 3 is 2.80 bits per heavy atom. The van der Waals surface area contributed by atoms with Crippen molar-refractivity contribution in [2.24, 2.45) is 5.92 Å². The van der Waals surface area contributed by atoms with Crippen molar-refractivity contribution in [1.82, 2.24) is 0 Å². The summed E-state index contributed by atoms with van der Waals surface area (Å²) in [5.74, 6) is 0.490. The lowest BCUT2D eigenvalue weighted by Crippen LogP contribution is -2.27. The summed E-state index contributed by atoms with van der Waals surface area (Å²) >= 11 is 0. The second-order valence-corrected chi connectivity index (χ2v) is 3.01. The zero-order chi connectivity index (χ0) is 7.56. The predicted octanol–water partition coefficient (Wildman–Crippen LogP) is 1.13. The summed E-state index contributed by atoms with van der Waals surface area (Å²) in [7, 11) is 0. The number of aliphatic hydroxyl groups is 1. The molecule has 58 valence electrons. The summed E-state index contributed by atoms with van der Waals surface area (Å²) in [4.78, 5) is 11.1. The van der Waals surface area contributed by atoms with Crippen LogP contribution in [0.15, 0.2) is 0 Å². The van der Waals surface area contributed by atoms with Crippen molar-refractivity contribution in [2.45, 2.75) is 38.7 Å². The van der Waals surface area contributed by atoms with Crippen LogP contribution in [0.4, 0.5) is 0 Å². The largest absolute Gasteiger partial charge is 0.393 e. The van der Waals surface area contributed by atoms with Crippen molar-refractivity contribution in [3.8, 4) is 0 Å². The fourth-order valence-corrected chi connectivity index (χ4v) is 1.49. The van der Waals surface area contributed by atoms with Crippen molar-refractivity contribution in [2.75, 3.05) is 0 Å². The summed E-state index contributed by atoms with van der Waals surface area (Å²) in [5.41, 5.74) is 0. The number of Topliss-reactive ketones (excluding diaryl/α,β-unsaturated/α-hetero) is 1. The Balaban J connectivity index is 2.43. The first-order valence-corrected chi connectivity index (χ1v) is 3.94. The number of ketones is 1. The van der Waals surface area contributed by atoms with E-state index in [4.69, 9.17) is 5.11 Å². The molecule has 0 aliphatic heterocycles. The number of rotatable bonds is 1. The zero-order valence-electron chi connectivity index (χ0n) is 6.34. The molecule has 0 amide bonds. The van der Waals surface area contributed by atoms with Crippen LogP contribution in [0.5, 0.6) is 0 Å². The van der Waals surface area contributed by atoms with Gasteiger partial charge in [0.15, 0.2) is 0 Å². The van der Waals surface area contributed by atoms with E-state index in [2.05, 4.69) is 0 Å². The Morgan fingerprint density at radius 2 is 2.30 bits per heavy atom. The molecule has 1 N–H and O–H groups in total. The highest BCUT2D eigenvalue weighted by atomic mass is 16.3. The van der Waals surface area contributed by atoms with Gasteiger partial charge in [-0.05, 0) is 19.3 Å². The summed E-state index contributed by atoms with van der Waals surface area (Å²) in [6.45, 7) is 2.03. The fourth-order valence-electron chi connectivity index (χ4n) is 1.49. The van der Waals surface area contributed by atoms with Crippen molar-refractivity contribution < 1.29 is 9.90 Å². The van der Waals surface area contributed by atoms with Crippen LogP contribution in [-0.4, -0.2) is 17.0 Å². The normalized spacial score (nSPS) is 34.4. The van der Waals surface area contributed by atoms with Crippen LogP contribution < -0.4 is 0 Å². The van der Waals surface area contributed by atoms with Gasteiger partial charge >= 0.3 is 0 Å². The molecule has 0 saturated heterocycles. The van der Waals surface area contributed by atoms with Gasteiger partial charge in [-0.25, -0.2) is 0 Å². The van der Waals surface area contributed by atoms with Crippen LogP contribution in [0, 0.1) is 5.92 Å². The van der Waals surface area contributed by atoms with Gasteiger partial charge in [-0.3, -0.25) is 4.79 Å². The Kier molecular flexibility index (Phi) is 2.44. The van der Waals surface area contributed by atoms with E-state index >= 15 is 0 Å². The van der Waals surface area contributed by atoms with Gasteiger partial charge in [0, 0.05) is 12.3 Å². The molecule has 10 heavy (non-hydrogen) atoms. The lowest BCUT2D eigenvalue weighted by atomic mass is 9.85. The second kappa shape index (κ2) is 3.15. The highest BCUT2D eigenvalue weighted by Crippen LogP contribution is 2.23. The maximum absolute atomic E-state index is 11.1. The first kappa shape index (κ1) is 7.73. The van der Waals surface area contributed by atoms with Crippen molar-refractivity contribution in [1.29, 1.82) is 0 Å². The van der Waals surface area contributed by atoms with Gasteiger partial charge in [-0.2, -0.15) is 0 Å². The van der Waals surface area contributed by atoms with E-state index in [-0.39, 0.29) is 17.8 Å². The van der Waals surface area contributed by atoms with Crippen LogP contribution in [0.2, 0.25) is 0 Å². The van der Waals surface area contributed by atoms with Gasteiger partial charge in [0.1, 0.15) is 5.78 Å². The Bertz CT molecular complexity index is 131. The van der Waals surface area contributed by atoms with E-state index in [1.807, 2.05) is 6.92 Å². The summed E-state index contributed by atoms with van der Waals surface area (Å²) in [6, 6.07) is 0. The smallest absolute Gasteiger partial charge is 0.138 e. The van der Waals surface area contributed by atoms with Gasteiger partial charge < -0.3 is 5.11 Å². The van der Waals surface area contributed by atoms with E-state index in [9.17, 15) is 4.79 Å². The molecule has 2 heteroatoms.